The maximum atomic E-state index is 13.2. The van der Waals surface area contributed by atoms with Gasteiger partial charge in [0.2, 0.25) is 0 Å². The predicted octanol–water partition coefficient (Wildman–Crippen LogP) is 5.38. The summed E-state index contributed by atoms with van der Waals surface area (Å²) in [7, 11) is 0. The SMILES string of the molecule is CCCCCCC(C)OC(=O)CCC(=O)OCC(F)(F)C(F)(F)C(F)(F)C(F)F. The molecule has 0 N–H and O–H groups in total. The van der Waals surface area contributed by atoms with E-state index < -0.39 is 61.7 Å². The molecule has 0 spiro atoms. The summed E-state index contributed by atoms with van der Waals surface area (Å²) in [5.41, 5.74) is 0. The van der Waals surface area contributed by atoms with Crippen LogP contribution in [-0.4, -0.2) is 48.8 Å². The van der Waals surface area contributed by atoms with Crippen molar-refractivity contribution >= 4 is 11.9 Å². The van der Waals surface area contributed by atoms with Gasteiger partial charge < -0.3 is 9.47 Å². The Morgan fingerprint density at radius 3 is 1.97 bits per heavy atom. The zero-order chi connectivity index (χ0) is 22.9. The van der Waals surface area contributed by atoms with Crippen LogP contribution in [0.3, 0.4) is 0 Å². The number of hydrogen-bond acceptors (Lipinski definition) is 4. The van der Waals surface area contributed by atoms with E-state index in [1.165, 1.54) is 0 Å². The summed E-state index contributed by atoms with van der Waals surface area (Å²) in [6.45, 7) is 1.07. The third kappa shape index (κ3) is 8.33. The molecule has 0 radical (unpaired) electrons. The van der Waals surface area contributed by atoms with Gasteiger partial charge in [0.1, 0.15) is 0 Å². The van der Waals surface area contributed by atoms with Crippen molar-refractivity contribution in [3.05, 3.63) is 0 Å². The fourth-order valence-corrected chi connectivity index (χ4v) is 2.12. The van der Waals surface area contributed by atoms with Gasteiger partial charge in [0.15, 0.2) is 6.61 Å². The molecule has 29 heavy (non-hydrogen) atoms. The second-order valence-corrected chi connectivity index (χ2v) is 6.51. The van der Waals surface area contributed by atoms with Gasteiger partial charge in [-0.3, -0.25) is 9.59 Å². The van der Waals surface area contributed by atoms with E-state index in [1.54, 1.807) is 6.92 Å². The van der Waals surface area contributed by atoms with E-state index in [9.17, 15) is 44.7 Å². The van der Waals surface area contributed by atoms with Gasteiger partial charge in [-0.2, -0.15) is 26.3 Å². The zero-order valence-corrected chi connectivity index (χ0v) is 16.0. The number of esters is 2. The van der Waals surface area contributed by atoms with E-state index in [0.29, 0.717) is 6.42 Å². The van der Waals surface area contributed by atoms with Crippen LogP contribution in [-0.2, 0) is 19.1 Å². The number of ether oxygens (including phenoxy) is 2. The van der Waals surface area contributed by atoms with Crippen molar-refractivity contribution in [2.45, 2.75) is 89.1 Å². The van der Waals surface area contributed by atoms with E-state index in [1.807, 2.05) is 6.92 Å². The fourth-order valence-electron chi connectivity index (χ4n) is 2.12. The molecule has 1 unspecified atom stereocenters. The van der Waals surface area contributed by atoms with E-state index in [2.05, 4.69) is 4.74 Å². The Bertz CT molecular complexity index is 526. The normalized spacial score (nSPS) is 14.0. The molecule has 0 aliphatic rings. The van der Waals surface area contributed by atoms with Crippen molar-refractivity contribution in [1.29, 1.82) is 0 Å². The molecule has 0 aliphatic carbocycles. The maximum absolute atomic E-state index is 13.2. The van der Waals surface area contributed by atoms with Crippen molar-refractivity contribution in [2.75, 3.05) is 6.61 Å². The fraction of sp³-hybridized carbons (Fsp3) is 0.882. The molecule has 0 amide bonds. The first kappa shape index (κ1) is 27.4. The average molecular weight is 444 g/mol. The van der Waals surface area contributed by atoms with Crippen molar-refractivity contribution in [2.24, 2.45) is 0 Å². The van der Waals surface area contributed by atoms with Crippen molar-refractivity contribution < 1.29 is 54.2 Å². The number of alkyl halides is 8. The van der Waals surface area contributed by atoms with Gasteiger partial charge in [-0.15, -0.1) is 0 Å². The Morgan fingerprint density at radius 1 is 0.897 bits per heavy atom. The Balaban J connectivity index is 4.43. The van der Waals surface area contributed by atoms with Crippen LogP contribution in [0, 0.1) is 0 Å². The van der Waals surface area contributed by atoms with E-state index in [0.717, 1.165) is 25.7 Å². The molecule has 0 aromatic heterocycles. The van der Waals surface area contributed by atoms with Crippen molar-refractivity contribution in [3.8, 4) is 0 Å². The summed E-state index contributed by atoms with van der Waals surface area (Å²) in [4.78, 5) is 22.8. The number of carbonyl (C=O) groups excluding carboxylic acids is 2. The van der Waals surface area contributed by atoms with Crippen LogP contribution in [0.1, 0.15) is 58.8 Å². The van der Waals surface area contributed by atoms with E-state index in [-0.39, 0.29) is 0 Å². The number of halogens is 8. The van der Waals surface area contributed by atoms with Gasteiger partial charge in [-0.05, 0) is 19.8 Å². The molecule has 0 aromatic carbocycles. The van der Waals surface area contributed by atoms with Crippen LogP contribution in [0.4, 0.5) is 35.1 Å². The lowest BCUT2D eigenvalue weighted by Gasteiger charge is -2.31. The van der Waals surface area contributed by atoms with Crippen LogP contribution in [0.25, 0.3) is 0 Å². The number of carbonyl (C=O) groups is 2. The predicted molar refractivity (Wildman–Crippen MR) is 85.4 cm³/mol. The molecule has 0 bridgehead atoms. The molecule has 0 aliphatic heterocycles. The largest absolute Gasteiger partial charge is 0.463 e. The number of hydrogen-bond donors (Lipinski definition) is 0. The Hall–Kier alpha value is -1.62. The van der Waals surface area contributed by atoms with Gasteiger partial charge in [0, 0.05) is 0 Å². The second kappa shape index (κ2) is 11.5. The minimum atomic E-state index is -6.46. The van der Waals surface area contributed by atoms with Gasteiger partial charge in [-0.25, -0.2) is 8.78 Å². The highest BCUT2D eigenvalue weighted by Gasteiger charge is 2.75. The molecular weight excluding hydrogens is 420 g/mol. The maximum Gasteiger partial charge on any atom is 0.381 e. The molecule has 0 aromatic rings. The first-order valence-electron chi connectivity index (χ1n) is 8.95. The molecule has 0 saturated heterocycles. The summed E-state index contributed by atoms with van der Waals surface area (Å²) in [6, 6.07) is 0. The number of unbranched alkanes of at least 4 members (excludes halogenated alkanes) is 3. The monoisotopic (exact) mass is 444 g/mol. The van der Waals surface area contributed by atoms with Crippen molar-refractivity contribution in [1.82, 2.24) is 0 Å². The Kier molecular flexibility index (Phi) is 10.9. The molecule has 1 atom stereocenters. The highest BCUT2D eigenvalue weighted by molar-refractivity contribution is 5.77. The first-order chi connectivity index (χ1) is 13.2. The average Bonchev–Trinajstić information content (AvgIpc) is 2.61. The molecular formula is C17H24F8O4. The van der Waals surface area contributed by atoms with Gasteiger partial charge >= 0.3 is 36.1 Å². The minimum absolute atomic E-state index is 0.463. The van der Waals surface area contributed by atoms with Crippen LogP contribution in [0.15, 0.2) is 0 Å². The van der Waals surface area contributed by atoms with E-state index in [4.69, 9.17) is 4.74 Å². The van der Waals surface area contributed by atoms with Gasteiger partial charge in [-0.1, -0.05) is 26.2 Å². The molecule has 12 heteroatoms. The molecule has 0 saturated carbocycles. The second-order valence-electron chi connectivity index (χ2n) is 6.51. The van der Waals surface area contributed by atoms with Gasteiger partial charge in [0.05, 0.1) is 18.9 Å². The number of rotatable bonds is 14. The smallest absolute Gasteiger partial charge is 0.381 e. The zero-order valence-electron chi connectivity index (χ0n) is 16.0. The third-order valence-corrected chi connectivity index (χ3v) is 3.90. The quantitative estimate of drug-likeness (QED) is 0.205. The topological polar surface area (TPSA) is 52.6 Å². The lowest BCUT2D eigenvalue weighted by Crippen LogP contribution is -2.59. The third-order valence-electron chi connectivity index (χ3n) is 3.90. The Labute approximate surface area is 162 Å². The van der Waals surface area contributed by atoms with Crippen molar-refractivity contribution in [3.63, 3.8) is 0 Å². The van der Waals surface area contributed by atoms with Crippen LogP contribution in [0.5, 0.6) is 0 Å². The summed E-state index contributed by atoms with van der Waals surface area (Å²) in [5, 5.41) is 0. The Morgan fingerprint density at radius 2 is 1.45 bits per heavy atom. The summed E-state index contributed by atoms with van der Waals surface area (Å²) in [6.07, 6.45) is -2.64. The summed E-state index contributed by atoms with van der Waals surface area (Å²) in [5.74, 6) is -21.0. The van der Waals surface area contributed by atoms with E-state index >= 15 is 0 Å². The van der Waals surface area contributed by atoms with Crippen LogP contribution >= 0.6 is 0 Å². The molecule has 0 heterocycles. The molecule has 172 valence electrons. The summed E-state index contributed by atoms with van der Waals surface area (Å²) >= 11 is 0. The highest BCUT2D eigenvalue weighted by atomic mass is 19.4. The molecule has 4 nitrogen and oxygen atoms in total. The standard InChI is InChI=1S/C17H24F8O4/c1-3-4-5-6-7-11(2)29-13(27)9-8-12(26)28-10-15(20,21)17(24,25)16(22,23)14(18)19/h11,14H,3-10H2,1-2H3. The molecule has 0 fully saturated rings. The molecule has 0 rings (SSSR count). The van der Waals surface area contributed by atoms with Crippen LogP contribution in [0.2, 0.25) is 0 Å². The lowest BCUT2D eigenvalue weighted by molar-refractivity contribution is -0.344. The first-order valence-corrected chi connectivity index (χ1v) is 8.95. The highest BCUT2D eigenvalue weighted by Crippen LogP contribution is 2.48. The van der Waals surface area contributed by atoms with Gasteiger partial charge in [0.25, 0.3) is 0 Å². The lowest BCUT2D eigenvalue weighted by atomic mass is 10.1. The minimum Gasteiger partial charge on any atom is -0.463 e. The summed E-state index contributed by atoms with van der Waals surface area (Å²) < 4.78 is 110. The van der Waals surface area contributed by atoms with Crippen LogP contribution < -0.4 is 0 Å².